The highest BCUT2D eigenvalue weighted by Crippen LogP contribution is 2.17. The van der Waals surface area contributed by atoms with Gasteiger partial charge in [-0.3, -0.25) is 14.5 Å². The van der Waals surface area contributed by atoms with Crippen LogP contribution < -0.4 is 15.5 Å². The average molecular weight is 465 g/mol. The molecule has 3 rings (SSSR count). The van der Waals surface area contributed by atoms with E-state index in [1.807, 2.05) is 49.4 Å². The molecule has 1 fully saturated rings. The van der Waals surface area contributed by atoms with Crippen molar-refractivity contribution in [3.63, 3.8) is 0 Å². The van der Waals surface area contributed by atoms with Crippen molar-refractivity contribution >= 4 is 18.0 Å². The highest BCUT2D eigenvalue weighted by Gasteiger charge is 2.26. The Morgan fingerprint density at radius 1 is 1.03 bits per heavy atom. The van der Waals surface area contributed by atoms with Gasteiger partial charge in [-0.05, 0) is 76.4 Å². The predicted octanol–water partition coefficient (Wildman–Crippen LogP) is 3.99. The van der Waals surface area contributed by atoms with Crippen molar-refractivity contribution in [2.75, 3.05) is 26.2 Å². The molecule has 34 heavy (non-hydrogen) atoms. The van der Waals surface area contributed by atoms with Crippen LogP contribution in [0, 0.1) is 0 Å². The number of rotatable bonds is 12. The lowest BCUT2D eigenvalue weighted by molar-refractivity contribution is -0.127. The van der Waals surface area contributed by atoms with E-state index in [-0.39, 0.29) is 17.9 Å². The lowest BCUT2D eigenvalue weighted by atomic mass is 10.0. The van der Waals surface area contributed by atoms with Crippen LogP contribution in [0.15, 0.2) is 59.7 Å². The molecule has 1 aliphatic heterocycles. The Bertz CT molecular complexity index is 926. The summed E-state index contributed by atoms with van der Waals surface area (Å²) in [6.07, 6.45) is 7.47. The van der Waals surface area contributed by atoms with Crippen LogP contribution >= 0.6 is 0 Å². The van der Waals surface area contributed by atoms with Crippen molar-refractivity contribution in [2.24, 2.45) is 5.10 Å². The fraction of sp³-hybridized carbons (Fsp3) is 0.444. The summed E-state index contributed by atoms with van der Waals surface area (Å²) in [7, 11) is 0. The van der Waals surface area contributed by atoms with Crippen LogP contribution in [0.1, 0.15) is 61.4 Å². The number of likely N-dealkylation sites (tertiary alicyclic amines) is 1. The largest absolute Gasteiger partial charge is 0.493 e. The van der Waals surface area contributed by atoms with Crippen molar-refractivity contribution in [3.8, 4) is 5.75 Å². The average Bonchev–Trinajstić information content (AvgIpc) is 2.88. The summed E-state index contributed by atoms with van der Waals surface area (Å²) in [6, 6.07) is 16.6. The highest BCUT2D eigenvalue weighted by atomic mass is 16.5. The monoisotopic (exact) mass is 464 g/mol. The maximum atomic E-state index is 13.0. The first-order chi connectivity index (χ1) is 16.7. The molecule has 1 aliphatic rings. The highest BCUT2D eigenvalue weighted by molar-refractivity contribution is 5.94. The Hall–Kier alpha value is -3.19. The Morgan fingerprint density at radius 2 is 1.76 bits per heavy atom. The van der Waals surface area contributed by atoms with Gasteiger partial charge in [0.2, 0.25) is 0 Å². The number of unbranched alkanes of at least 4 members (excludes halogenated alkanes) is 1. The predicted molar refractivity (Wildman–Crippen MR) is 135 cm³/mol. The Labute approximate surface area is 202 Å². The van der Waals surface area contributed by atoms with Gasteiger partial charge in [-0.15, -0.1) is 0 Å². The van der Waals surface area contributed by atoms with Gasteiger partial charge in [0.1, 0.15) is 5.75 Å². The SMILES string of the molecule is CCOc1ccccc1/C=N/NC(=O)C(CCCCNC(=O)c1ccccc1)N1CCCCC1. The number of piperidine rings is 1. The van der Waals surface area contributed by atoms with Gasteiger partial charge in [0, 0.05) is 17.7 Å². The van der Waals surface area contributed by atoms with Crippen LogP contribution in [-0.2, 0) is 4.79 Å². The maximum absolute atomic E-state index is 13.0. The van der Waals surface area contributed by atoms with Gasteiger partial charge in [0.15, 0.2) is 0 Å². The number of para-hydroxylation sites is 1. The van der Waals surface area contributed by atoms with Gasteiger partial charge in [-0.1, -0.05) is 36.8 Å². The topological polar surface area (TPSA) is 83.0 Å². The lowest BCUT2D eigenvalue weighted by Crippen LogP contribution is -2.47. The molecule has 0 aliphatic carbocycles. The first-order valence-electron chi connectivity index (χ1n) is 12.3. The second kappa shape index (κ2) is 14.2. The first kappa shape index (κ1) is 25.4. The number of hydrogen-bond acceptors (Lipinski definition) is 5. The van der Waals surface area contributed by atoms with Crippen molar-refractivity contribution in [1.82, 2.24) is 15.6 Å². The third kappa shape index (κ3) is 7.99. The summed E-state index contributed by atoms with van der Waals surface area (Å²) in [6.45, 7) is 4.96. The van der Waals surface area contributed by atoms with Gasteiger partial charge in [-0.25, -0.2) is 5.43 Å². The van der Waals surface area contributed by atoms with Gasteiger partial charge < -0.3 is 10.1 Å². The minimum Gasteiger partial charge on any atom is -0.493 e. The minimum absolute atomic E-state index is 0.0624. The normalized spacial score (nSPS) is 15.1. The fourth-order valence-corrected chi connectivity index (χ4v) is 4.18. The molecule has 0 spiro atoms. The smallest absolute Gasteiger partial charge is 0.257 e. The number of nitrogens with one attached hydrogen (secondary N) is 2. The molecule has 182 valence electrons. The van der Waals surface area contributed by atoms with E-state index in [0.717, 1.165) is 56.5 Å². The Balaban J connectivity index is 1.50. The van der Waals surface area contributed by atoms with E-state index in [4.69, 9.17) is 4.74 Å². The number of ether oxygens (including phenoxy) is 1. The second-order valence-corrected chi connectivity index (χ2v) is 8.44. The first-order valence-corrected chi connectivity index (χ1v) is 12.3. The van der Waals surface area contributed by atoms with Crippen molar-refractivity contribution in [1.29, 1.82) is 0 Å². The zero-order chi connectivity index (χ0) is 24.0. The molecule has 2 aromatic rings. The Morgan fingerprint density at radius 3 is 2.53 bits per heavy atom. The van der Waals surface area contributed by atoms with E-state index in [1.54, 1.807) is 18.3 Å². The molecule has 7 nitrogen and oxygen atoms in total. The molecule has 2 N–H and O–H groups in total. The molecular weight excluding hydrogens is 428 g/mol. The molecule has 1 atom stereocenters. The van der Waals surface area contributed by atoms with Crippen LogP contribution in [0.4, 0.5) is 0 Å². The maximum Gasteiger partial charge on any atom is 0.257 e. The quantitative estimate of drug-likeness (QED) is 0.283. The summed E-state index contributed by atoms with van der Waals surface area (Å²) < 4.78 is 5.62. The molecule has 1 saturated heterocycles. The molecule has 1 heterocycles. The summed E-state index contributed by atoms with van der Waals surface area (Å²) >= 11 is 0. The number of hydrazone groups is 1. The van der Waals surface area contributed by atoms with Gasteiger partial charge in [0.05, 0.1) is 18.9 Å². The number of benzene rings is 2. The van der Waals surface area contributed by atoms with Crippen LogP contribution in [-0.4, -0.2) is 55.2 Å². The molecule has 2 aromatic carbocycles. The van der Waals surface area contributed by atoms with E-state index in [2.05, 4.69) is 20.7 Å². The van der Waals surface area contributed by atoms with Crippen LogP contribution in [0.3, 0.4) is 0 Å². The van der Waals surface area contributed by atoms with E-state index in [1.165, 1.54) is 6.42 Å². The molecular formula is C27H36N4O3. The molecule has 0 radical (unpaired) electrons. The zero-order valence-corrected chi connectivity index (χ0v) is 20.0. The number of amides is 2. The fourth-order valence-electron chi connectivity index (χ4n) is 4.18. The third-order valence-electron chi connectivity index (χ3n) is 5.96. The van der Waals surface area contributed by atoms with Crippen molar-refractivity contribution in [2.45, 2.75) is 51.5 Å². The molecule has 7 heteroatoms. The van der Waals surface area contributed by atoms with E-state index < -0.39 is 0 Å². The van der Waals surface area contributed by atoms with Crippen molar-refractivity contribution in [3.05, 3.63) is 65.7 Å². The number of hydrogen-bond donors (Lipinski definition) is 2. The van der Waals surface area contributed by atoms with Gasteiger partial charge in [-0.2, -0.15) is 5.10 Å². The lowest BCUT2D eigenvalue weighted by Gasteiger charge is -2.33. The van der Waals surface area contributed by atoms with E-state index in [9.17, 15) is 9.59 Å². The summed E-state index contributed by atoms with van der Waals surface area (Å²) in [4.78, 5) is 27.5. The summed E-state index contributed by atoms with van der Waals surface area (Å²) in [5, 5.41) is 7.17. The molecule has 1 unspecified atom stereocenters. The third-order valence-corrected chi connectivity index (χ3v) is 5.96. The standard InChI is InChI=1S/C27H36N4O3/c1-2-34-25-17-8-7-15-23(25)21-29-30-27(33)24(31-19-11-4-12-20-31)16-9-10-18-28-26(32)22-13-5-3-6-14-22/h3,5-8,13-15,17,21,24H,2,4,9-12,16,18-20H2,1H3,(H,28,32)(H,30,33)/b29-21+. The van der Waals surface area contributed by atoms with Crippen LogP contribution in [0.2, 0.25) is 0 Å². The van der Waals surface area contributed by atoms with Crippen molar-refractivity contribution < 1.29 is 14.3 Å². The van der Waals surface area contributed by atoms with E-state index in [0.29, 0.717) is 18.7 Å². The second-order valence-electron chi connectivity index (χ2n) is 8.44. The van der Waals surface area contributed by atoms with Gasteiger partial charge >= 0.3 is 0 Å². The molecule has 0 bridgehead atoms. The zero-order valence-electron chi connectivity index (χ0n) is 20.0. The molecule has 0 saturated carbocycles. The number of carbonyl (C=O) groups excluding carboxylic acids is 2. The molecule has 0 aromatic heterocycles. The minimum atomic E-state index is -0.218. The number of carbonyl (C=O) groups is 2. The summed E-state index contributed by atoms with van der Waals surface area (Å²) in [5.41, 5.74) is 4.23. The van der Waals surface area contributed by atoms with Crippen LogP contribution in [0.25, 0.3) is 0 Å². The van der Waals surface area contributed by atoms with E-state index >= 15 is 0 Å². The number of nitrogens with zero attached hydrogens (tertiary/aromatic N) is 2. The Kier molecular flexibility index (Phi) is 10.6. The van der Waals surface area contributed by atoms with Crippen LogP contribution in [0.5, 0.6) is 5.75 Å². The van der Waals surface area contributed by atoms with Gasteiger partial charge in [0.25, 0.3) is 11.8 Å². The summed E-state index contributed by atoms with van der Waals surface area (Å²) in [5.74, 6) is 0.598. The molecule has 2 amide bonds.